The maximum Gasteiger partial charge on any atom is 0.0346 e. The quantitative estimate of drug-likeness (QED) is 0.662. The van der Waals surface area contributed by atoms with Crippen molar-refractivity contribution in [2.75, 3.05) is 0 Å². The molecule has 2 rings (SSSR count). The van der Waals surface area contributed by atoms with Gasteiger partial charge in [-0.25, -0.2) is 0 Å². The van der Waals surface area contributed by atoms with E-state index in [1.807, 2.05) is 40.0 Å². The van der Waals surface area contributed by atoms with Crippen molar-refractivity contribution in [2.24, 2.45) is 0 Å². The lowest BCUT2D eigenvalue weighted by molar-refractivity contribution is 1.33. The maximum atomic E-state index is 4.08. The van der Waals surface area contributed by atoms with Crippen molar-refractivity contribution in [3.05, 3.63) is 54.4 Å². The summed E-state index contributed by atoms with van der Waals surface area (Å²) in [5.41, 5.74) is 3.67. The summed E-state index contributed by atoms with van der Waals surface area (Å²) in [5.74, 6) is 0. The van der Waals surface area contributed by atoms with Gasteiger partial charge in [-0.3, -0.25) is 4.98 Å². The minimum Gasteiger partial charge on any atom is -0.264 e. The van der Waals surface area contributed by atoms with Crippen LogP contribution >= 0.6 is 0 Å². The molecule has 0 aliphatic heterocycles. The van der Waals surface area contributed by atoms with Gasteiger partial charge in [-0.15, -0.1) is 0 Å². The molecule has 0 spiro atoms. The van der Waals surface area contributed by atoms with Crippen LogP contribution in [0.1, 0.15) is 33.3 Å². The molecule has 0 saturated carbocycles. The highest BCUT2D eigenvalue weighted by Gasteiger charge is 1.94. The Labute approximate surface area is 106 Å². The van der Waals surface area contributed by atoms with E-state index in [0.29, 0.717) is 0 Å². The number of nitrogens with zero attached hydrogens (tertiary/aromatic N) is 1. The van der Waals surface area contributed by atoms with Gasteiger partial charge in [0.05, 0.1) is 0 Å². The zero-order valence-corrected chi connectivity index (χ0v) is 11.6. The second-order valence-corrected chi connectivity index (χ2v) is 3.11. The van der Waals surface area contributed by atoms with Crippen molar-refractivity contribution in [1.82, 2.24) is 4.98 Å². The van der Waals surface area contributed by atoms with Crippen LogP contribution in [-0.4, -0.2) is 4.98 Å². The highest BCUT2D eigenvalue weighted by Crippen LogP contribution is 2.17. The predicted molar refractivity (Wildman–Crippen MR) is 77.1 cm³/mol. The van der Waals surface area contributed by atoms with Gasteiger partial charge in [0.2, 0.25) is 0 Å². The van der Waals surface area contributed by atoms with Crippen LogP contribution < -0.4 is 0 Å². The summed E-state index contributed by atoms with van der Waals surface area (Å²) >= 11 is 0. The van der Waals surface area contributed by atoms with Gasteiger partial charge < -0.3 is 0 Å². The molecule has 0 N–H and O–H groups in total. The van der Waals surface area contributed by atoms with Crippen LogP contribution in [0.15, 0.2) is 48.8 Å². The molecule has 1 nitrogen and oxygen atoms in total. The van der Waals surface area contributed by atoms with Crippen molar-refractivity contribution in [1.29, 1.82) is 0 Å². The molecule has 1 heterocycles. The Morgan fingerprint density at radius 1 is 0.765 bits per heavy atom. The summed E-state index contributed by atoms with van der Waals surface area (Å²) in [6, 6.07) is 12.5. The normalized spacial score (nSPS) is 8.29. The summed E-state index contributed by atoms with van der Waals surface area (Å²) in [6.07, 6.45) is 3.67. The highest BCUT2D eigenvalue weighted by molar-refractivity contribution is 5.62. The largest absolute Gasteiger partial charge is 0.264 e. The molecular formula is C16H23N. The zero-order chi connectivity index (χ0) is 13.1. The maximum absolute atomic E-state index is 4.08. The van der Waals surface area contributed by atoms with E-state index in [1.165, 1.54) is 16.7 Å². The molecule has 0 aliphatic rings. The first-order valence-corrected chi connectivity index (χ1v) is 6.33. The zero-order valence-electron chi connectivity index (χ0n) is 11.6. The molecule has 0 bridgehead atoms. The SMILES string of the molecule is CC.CC.Cc1ccc(-c2cccnc2)cc1. The first-order valence-electron chi connectivity index (χ1n) is 6.33. The molecule has 0 atom stereocenters. The Balaban J connectivity index is 0.000000581. The third-order valence-electron chi connectivity index (χ3n) is 2.05. The van der Waals surface area contributed by atoms with Crippen LogP contribution in [-0.2, 0) is 0 Å². The molecule has 1 heteroatoms. The Kier molecular flexibility index (Phi) is 8.67. The van der Waals surface area contributed by atoms with Gasteiger partial charge in [0, 0.05) is 12.4 Å². The molecular weight excluding hydrogens is 206 g/mol. The lowest BCUT2D eigenvalue weighted by atomic mass is 10.1. The van der Waals surface area contributed by atoms with Crippen molar-refractivity contribution in [3.63, 3.8) is 0 Å². The fourth-order valence-electron chi connectivity index (χ4n) is 1.28. The standard InChI is InChI=1S/C12H11N.2C2H6/c1-10-4-6-11(7-5-10)12-3-2-8-13-9-12;2*1-2/h2-9H,1H3;2*1-2H3. The van der Waals surface area contributed by atoms with Crippen LogP contribution in [0.5, 0.6) is 0 Å². The molecule has 0 saturated heterocycles. The van der Waals surface area contributed by atoms with E-state index in [1.54, 1.807) is 6.20 Å². The van der Waals surface area contributed by atoms with E-state index >= 15 is 0 Å². The molecule has 1 aromatic carbocycles. The van der Waals surface area contributed by atoms with E-state index in [9.17, 15) is 0 Å². The van der Waals surface area contributed by atoms with Gasteiger partial charge in [-0.05, 0) is 24.1 Å². The van der Waals surface area contributed by atoms with E-state index in [4.69, 9.17) is 0 Å². The van der Waals surface area contributed by atoms with E-state index in [0.717, 1.165) is 0 Å². The number of hydrogen-bond donors (Lipinski definition) is 0. The number of aryl methyl sites for hydroxylation is 1. The Morgan fingerprint density at radius 2 is 1.35 bits per heavy atom. The summed E-state index contributed by atoms with van der Waals surface area (Å²) in [6.45, 7) is 10.1. The van der Waals surface area contributed by atoms with E-state index in [-0.39, 0.29) is 0 Å². The van der Waals surface area contributed by atoms with Crippen LogP contribution in [0.25, 0.3) is 11.1 Å². The second kappa shape index (κ2) is 9.59. The third kappa shape index (κ3) is 5.30. The Morgan fingerprint density at radius 3 is 1.82 bits per heavy atom. The van der Waals surface area contributed by atoms with Crippen LogP contribution in [0, 0.1) is 6.92 Å². The van der Waals surface area contributed by atoms with Gasteiger partial charge in [-0.1, -0.05) is 63.6 Å². The average molecular weight is 229 g/mol. The molecule has 0 unspecified atom stereocenters. The lowest BCUT2D eigenvalue weighted by Gasteiger charge is -2.00. The van der Waals surface area contributed by atoms with E-state index < -0.39 is 0 Å². The Hall–Kier alpha value is -1.63. The fraction of sp³-hybridized carbons (Fsp3) is 0.312. The fourth-order valence-corrected chi connectivity index (χ4v) is 1.28. The van der Waals surface area contributed by atoms with Crippen LogP contribution in [0.3, 0.4) is 0 Å². The summed E-state index contributed by atoms with van der Waals surface area (Å²) in [4.78, 5) is 4.08. The number of pyridine rings is 1. The molecule has 1 aromatic heterocycles. The van der Waals surface area contributed by atoms with Crippen LogP contribution in [0.2, 0.25) is 0 Å². The van der Waals surface area contributed by atoms with E-state index in [2.05, 4.69) is 42.2 Å². The number of rotatable bonds is 1. The number of aromatic nitrogens is 1. The minimum absolute atomic E-state index is 1.17. The number of benzene rings is 1. The van der Waals surface area contributed by atoms with Crippen molar-refractivity contribution < 1.29 is 0 Å². The van der Waals surface area contributed by atoms with Gasteiger partial charge in [0.1, 0.15) is 0 Å². The molecule has 0 radical (unpaired) electrons. The second-order valence-electron chi connectivity index (χ2n) is 3.11. The van der Waals surface area contributed by atoms with Gasteiger partial charge in [0.25, 0.3) is 0 Å². The molecule has 17 heavy (non-hydrogen) atoms. The molecule has 0 amide bonds. The lowest BCUT2D eigenvalue weighted by Crippen LogP contribution is -1.78. The van der Waals surface area contributed by atoms with Crippen molar-refractivity contribution in [3.8, 4) is 11.1 Å². The summed E-state index contributed by atoms with van der Waals surface area (Å²) < 4.78 is 0. The van der Waals surface area contributed by atoms with Gasteiger partial charge in [-0.2, -0.15) is 0 Å². The summed E-state index contributed by atoms with van der Waals surface area (Å²) in [5, 5.41) is 0. The van der Waals surface area contributed by atoms with Crippen LogP contribution in [0.4, 0.5) is 0 Å². The third-order valence-corrected chi connectivity index (χ3v) is 2.05. The van der Waals surface area contributed by atoms with Gasteiger partial charge in [0.15, 0.2) is 0 Å². The monoisotopic (exact) mass is 229 g/mol. The molecule has 2 aromatic rings. The molecule has 0 fully saturated rings. The first-order chi connectivity index (χ1) is 8.36. The van der Waals surface area contributed by atoms with Crippen molar-refractivity contribution in [2.45, 2.75) is 34.6 Å². The smallest absolute Gasteiger partial charge is 0.0346 e. The predicted octanol–water partition coefficient (Wildman–Crippen LogP) is 5.11. The van der Waals surface area contributed by atoms with Gasteiger partial charge >= 0.3 is 0 Å². The molecule has 92 valence electrons. The topological polar surface area (TPSA) is 12.9 Å². The van der Waals surface area contributed by atoms with Crippen molar-refractivity contribution >= 4 is 0 Å². The first kappa shape index (κ1) is 15.4. The summed E-state index contributed by atoms with van der Waals surface area (Å²) in [7, 11) is 0. The minimum atomic E-state index is 1.17. The Bertz CT molecular complexity index is 376. The molecule has 0 aliphatic carbocycles. The number of hydrogen-bond acceptors (Lipinski definition) is 1. The average Bonchev–Trinajstić information content (AvgIpc) is 2.45. The highest BCUT2D eigenvalue weighted by atomic mass is 14.6.